The van der Waals surface area contributed by atoms with Crippen LogP contribution in [0.2, 0.25) is 0 Å². The highest BCUT2D eigenvalue weighted by Crippen LogP contribution is 2.21. The van der Waals surface area contributed by atoms with Gasteiger partial charge >= 0.3 is 0 Å². The Morgan fingerprint density at radius 3 is 2.42 bits per heavy atom. The zero-order valence-electron chi connectivity index (χ0n) is 6.43. The van der Waals surface area contributed by atoms with Gasteiger partial charge in [0.25, 0.3) is 0 Å². The molecule has 1 aromatic rings. The van der Waals surface area contributed by atoms with Gasteiger partial charge in [0, 0.05) is 18.0 Å². The van der Waals surface area contributed by atoms with Crippen molar-refractivity contribution in [2.24, 2.45) is 0 Å². The Bertz CT molecular complexity index is 256. The number of rotatable bonds is 1. The van der Waals surface area contributed by atoms with E-state index in [9.17, 15) is 0 Å². The van der Waals surface area contributed by atoms with Gasteiger partial charge in [0.05, 0.1) is 13.2 Å². The first kappa shape index (κ1) is 7.45. The molecule has 0 atom stereocenters. The monoisotopic (exact) mass is 167 g/mol. The summed E-state index contributed by atoms with van der Waals surface area (Å²) in [6.45, 7) is 1.24. The highest BCUT2D eigenvalue weighted by Gasteiger charge is 2.18. The van der Waals surface area contributed by atoms with Crippen LogP contribution >= 0.6 is 0 Å². The fourth-order valence-corrected chi connectivity index (χ4v) is 1.02. The minimum absolute atomic E-state index is 0.261. The van der Waals surface area contributed by atoms with Crippen LogP contribution in [0.25, 0.3) is 0 Å². The van der Waals surface area contributed by atoms with Gasteiger partial charge in [0.2, 0.25) is 5.95 Å². The lowest BCUT2D eigenvalue weighted by Gasteiger charge is -2.07. The van der Waals surface area contributed by atoms with E-state index in [2.05, 4.69) is 9.97 Å². The molecule has 5 nitrogen and oxygen atoms in total. The first-order chi connectivity index (χ1) is 5.86. The summed E-state index contributed by atoms with van der Waals surface area (Å²) in [4.78, 5) is 7.66. The van der Waals surface area contributed by atoms with Crippen molar-refractivity contribution < 1.29 is 9.47 Å². The Kier molecular flexibility index (Phi) is 1.89. The average molecular weight is 167 g/mol. The molecule has 64 valence electrons. The molecule has 1 aromatic heterocycles. The summed E-state index contributed by atoms with van der Waals surface area (Å²) in [6.07, 6.45) is 2.90. The van der Waals surface area contributed by atoms with Gasteiger partial charge in [-0.2, -0.15) is 0 Å². The largest absolute Gasteiger partial charge is 0.368 e. The summed E-state index contributed by atoms with van der Waals surface area (Å²) in [6, 6.07) is 0. The molecule has 0 spiro atoms. The fraction of sp³-hybridized carbons (Fsp3) is 0.429. The summed E-state index contributed by atoms with van der Waals surface area (Å²) < 4.78 is 10.5. The van der Waals surface area contributed by atoms with Crippen molar-refractivity contribution in [3.63, 3.8) is 0 Å². The molecule has 1 saturated heterocycles. The third-order valence-electron chi connectivity index (χ3n) is 1.59. The molecule has 2 N–H and O–H groups in total. The smallest absolute Gasteiger partial charge is 0.219 e. The maximum atomic E-state index is 5.32. The zero-order chi connectivity index (χ0) is 8.39. The number of ether oxygens (including phenoxy) is 2. The molecule has 2 rings (SSSR count). The van der Waals surface area contributed by atoms with Crippen molar-refractivity contribution in [1.82, 2.24) is 9.97 Å². The molecule has 0 bridgehead atoms. The molecule has 12 heavy (non-hydrogen) atoms. The van der Waals surface area contributed by atoms with Gasteiger partial charge in [0.1, 0.15) is 0 Å². The number of hydrogen-bond acceptors (Lipinski definition) is 5. The van der Waals surface area contributed by atoms with Crippen molar-refractivity contribution in [1.29, 1.82) is 0 Å². The highest BCUT2D eigenvalue weighted by molar-refractivity contribution is 5.17. The van der Waals surface area contributed by atoms with E-state index in [0.717, 1.165) is 5.56 Å². The first-order valence-electron chi connectivity index (χ1n) is 3.67. The Labute approximate surface area is 69.5 Å². The Balaban J connectivity index is 2.17. The van der Waals surface area contributed by atoms with E-state index >= 15 is 0 Å². The van der Waals surface area contributed by atoms with Crippen molar-refractivity contribution in [2.75, 3.05) is 18.9 Å². The Hall–Kier alpha value is -1.20. The number of nitrogens with zero attached hydrogens (tertiary/aromatic N) is 2. The molecule has 2 heterocycles. The molecule has 0 aromatic carbocycles. The average Bonchev–Trinajstić information content (AvgIpc) is 2.58. The summed E-state index contributed by atoms with van der Waals surface area (Å²) in [5, 5.41) is 0. The van der Waals surface area contributed by atoms with Crippen molar-refractivity contribution >= 4 is 5.95 Å². The Morgan fingerprint density at radius 2 is 1.83 bits per heavy atom. The van der Waals surface area contributed by atoms with E-state index in [1.165, 1.54) is 0 Å². The lowest BCUT2D eigenvalue weighted by Crippen LogP contribution is -2.01. The number of anilines is 1. The summed E-state index contributed by atoms with van der Waals surface area (Å²) in [5.74, 6) is 0.261. The predicted molar refractivity (Wildman–Crippen MR) is 41.1 cm³/mol. The predicted octanol–water partition coefficient (Wildman–Crippen LogP) is 0.104. The van der Waals surface area contributed by atoms with Crippen LogP contribution in [0.1, 0.15) is 11.9 Å². The topological polar surface area (TPSA) is 70.3 Å². The first-order valence-corrected chi connectivity index (χ1v) is 3.67. The second-order valence-electron chi connectivity index (χ2n) is 2.45. The number of hydrogen-bond donors (Lipinski definition) is 1. The summed E-state index contributed by atoms with van der Waals surface area (Å²) >= 11 is 0. The molecule has 5 heteroatoms. The van der Waals surface area contributed by atoms with Crippen LogP contribution in [0.4, 0.5) is 5.95 Å². The third-order valence-corrected chi connectivity index (χ3v) is 1.59. The van der Waals surface area contributed by atoms with Gasteiger partial charge in [-0.1, -0.05) is 0 Å². The van der Waals surface area contributed by atoms with E-state index in [1.54, 1.807) is 12.4 Å². The third kappa shape index (κ3) is 1.37. The van der Waals surface area contributed by atoms with Crippen LogP contribution < -0.4 is 5.73 Å². The van der Waals surface area contributed by atoms with Crippen LogP contribution in [-0.4, -0.2) is 23.2 Å². The van der Waals surface area contributed by atoms with E-state index in [1.807, 2.05) is 0 Å². The lowest BCUT2D eigenvalue weighted by atomic mass is 10.3. The molecule has 0 amide bonds. The normalized spacial score (nSPS) is 18.3. The van der Waals surface area contributed by atoms with Crippen LogP contribution in [0.3, 0.4) is 0 Å². The number of aromatic nitrogens is 2. The van der Waals surface area contributed by atoms with Crippen LogP contribution in [-0.2, 0) is 9.47 Å². The van der Waals surface area contributed by atoms with Gasteiger partial charge in [0.15, 0.2) is 6.29 Å². The lowest BCUT2D eigenvalue weighted by molar-refractivity contribution is -0.0445. The van der Waals surface area contributed by atoms with Crippen LogP contribution in [0.5, 0.6) is 0 Å². The second kappa shape index (κ2) is 3.04. The highest BCUT2D eigenvalue weighted by atomic mass is 16.7. The van der Waals surface area contributed by atoms with Gasteiger partial charge in [-0.05, 0) is 0 Å². The molecule has 1 fully saturated rings. The van der Waals surface area contributed by atoms with Crippen LogP contribution in [0.15, 0.2) is 12.4 Å². The van der Waals surface area contributed by atoms with Crippen molar-refractivity contribution in [3.05, 3.63) is 18.0 Å². The molecule has 0 aliphatic carbocycles. The maximum absolute atomic E-state index is 5.32. The van der Waals surface area contributed by atoms with Crippen molar-refractivity contribution in [3.8, 4) is 0 Å². The molecule has 0 saturated carbocycles. The minimum atomic E-state index is -0.314. The molecular weight excluding hydrogens is 158 g/mol. The van der Waals surface area contributed by atoms with E-state index in [4.69, 9.17) is 15.2 Å². The standard InChI is InChI=1S/C7H9N3O2/c8-7-9-3-5(4-10-7)6-11-1-2-12-6/h3-4,6H,1-2H2,(H2,8,9,10). The van der Waals surface area contributed by atoms with Gasteiger partial charge in [-0.25, -0.2) is 9.97 Å². The minimum Gasteiger partial charge on any atom is -0.368 e. The van der Waals surface area contributed by atoms with Gasteiger partial charge in [-0.15, -0.1) is 0 Å². The summed E-state index contributed by atoms with van der Waals surface area (Å²) in [7, 11) is 0. The SMILES string of the molecule is Nc1ncc(C2OCCO2)cn1. The molecule has 0 radical (unpaired) electrons. The molecule has 1 aliphatic rings. The second-order valence-corrected chi connectivity index (χ2v) is 2.45. The van der Waals surface area contributed by atoms with E-state index < -0.39 is 0 Å². The molecular formula is C7H9N3O2. The van der Waals surface area contributed by atoms with Gasteiger partial charge < -0.3 is 15.2 Å². The number of nitrogen functional groups attached to an aromatic ring is 1. The van der Waals surface area contributed by atoms with E-state index in [0.29, 0.717) is 13.2 Å². The fourth-order valence-electron chi connectivity index (χ4n) is 1.02. The summed E-state index contributed by atoms with van der Waals surface area (Å²) in [5.41, 5.74) is 6.13. The maximum Gasteiger partial charge on any atom is 0.219 e. The number of nitrogens with two attached hydrogens (primary N) is 1. The van der Waals surface area contributed by atoms with Crippen LogP contribution in [0, 0.1) is 0 Å². The van der Waals surface area contributed by atoms with Gasteiger partial charge in [-0.3, -0.25) is 0 Å². The van der Waals surface area contributed by atoms with Crippen molar-refractivity contribution in [2.45, 2.75) is 6.29 Å². The molecule has 0 unspecified atom stereocenters. The Morgan fingerprint density at radius 1 is 1.25 bits per heavy atom. The quantitative estimate of drug-likeness (QED) is 0.642. The molecule has 1 aliphatic heterocycles. The van der Waals surface area contributed by atoms with E-state index in [-0.39, 0.29) is 12.2 Å². The zero-order valence-corrected chi connectivity index (χ0v) is 6.43.